The van der Waals surface area contributed by atoms with E-state index in [0.29, 0.717) is 17.5 Å². The van der Waals surface area contributed by atoms with E-state index in [4.69, 9.17) is 8.83 Å². The number of rotatable bonds is 4. The molecular weight excluding hydrogens is 254 g/mol. The van der Waals surface area contributed by atoms with Gasteiger partial charge in [-0.3, -0.25) is 0 Å². The minimum Gasteiger partial charge on any atom is -0.451 e. The molecule has 1 atom stereocenters. The SMILES string of the molecule is CCC(NC)c1nnc(-c2cc3cc(C)ccc3o2)o1. The molecule has 2 heterocycles. The molecule has 0 amide bonds. The van der Waals surface area contributed by atoms with Crippen molar-refractivity contribution in [1.29, 1.82) is 0 Å². The lowest BCUT2D eigenvalue weighted by Gasteiger charge is -2.06. The maximum absolute atomic E-state index is 5.75. The Kier molecular flexibility index (Phi) is 3.28. The molecule has 0 bridgehead atoms. The van der Waals surface area contributed by atoms with E-state index < -0.39 is 0 Å². The van der Waals surface area contributed by atoms with Gasteiger partial charge < -0.3 is 14.2 Å². The molecule has 1 aromatic carbocycles. The average Bonchev–Trinajstić information content (AvgIpc) is 3.06. The largest absolute Gasteiger partial charge is 0.451 e. The Morgan fingerprint density at radius 3 is 2.80 bits per heavy atom. The Hall–Kier alpha value is -2.14. The van der Waals surface area contributed by atoms with Gasteiger partial charge in [-0.25, -0.2) is 0 Å². The van der Waals surface area contributed by atoms with Gasteiger partial charge in [-0.2, -0.15) is 0 Å². The summed E-state index contributed by atoms with van der Waals surface area (Å²) in [4.78, 5) is 0. The second kappa shape index (κ2) is 5.09. The van der Waals surface area contributed by atoms with Crippen LogP contribution in [0.25, 0.3) is 22.6 Å². The van der Waals surface area contributed by atoms with E-state index in [1.807, 2.05) is 25.2 Å². The van der Waals surface area contributed by atoms with Crippen LogP contribution < -0.4 is 5.32 Å². The van der Waals surface area contributed by atoms with Crippen molar-refractivity contribution < 1.29 is 8.83 Å². The third-order valence-electron chi connectivity index (χ3n) is 3.38. The minimum atomic E-state index is 0.0721. The smallest absolute Gasteiger partial charge is 0.283 e. The fraction of sp³-hybridized carbons (Fsp3) is 0.333. The molecule has 0 spiro atoms. The predicted octanol–water partition coefficient (Wildman–Crippen LogP) is 3.46. The number of nitrogens with zero attached hydrogens (tertiary/aromatic N) is 2. The van der Waals surface area contributed by atoms with Crippen molar-refractivity contribution in [1.82, 2.24) is 15.5 Å². The molecule has 104 valence electrons. The Bertz CT molecular complexity index is 726. The van der Waals surface area contributed by atoms with Gasteiger partial charge in [0.2, 0.25) is 5.89 Å². The zero-order valence-electron chi connectivity index (χ0n) is 11.8. The van der Waals surface area contributed by atoms with Crippen molar-refractivity contribution in [2.45, 2.75) is 26.3 Å². The van der Waals surface area contributed by atoms with E-state index in [-0.39, 0.29) is 6.04 Å². The van der Waals surface area contributed by atoms with Crippen molar-refractivity contribution in [2.75, 3.05) is 7.05 Å². The second-order valence-corrected chi connectivity index (χ2v) is 4.85. The van der Waals surface area contributed by atoms with E-state index in [1.165, 1.54) is 5.56 Å². The van der Waals surface area contributed by atoms with Crippen molar-refractivity contribution in [3.8, 4) is 11.7 Å². The van der Waals surface area contributed by atoms with Crippen LogP contribution in [0.5, 0.6) is 0 Å². The molecule has 0 aliphatic carbocycles. The van der Waals surface area contributed by atoms with Crippen LogP contribution in [-0.2, 0) is 0 Å². The summed E-state index contributed by atoms with van der Waals surface area (Å²) in [5, 5.41) is 12.3. The summed E-state index contributed by atoms with van der Waals surface area (Å²) >= 11 is 0. The molecule has 5 heteroatoms. The topological polar surface area (TPSA) is 64.1 Å². The first kappa shape index (κ1) is 12.9. The van der Waals surface area contributed by atoms with E-state index in [0.717, 1.165) is 17.4 Å². The molecule has 3 aromatic rings. The van der Waals surface area contributed by atoms with Crippen LogP contribution in [0.4, 0.5) is 0 Å². The van der Waals surface area contributed by atoms with Gasteiger partial charge in [-0.1, -0.05) is 18.6 Å². The highest BCUT2D eigenvalue weighted by Gasteiger charge is 2.18. The molecule has 0 saturated carbocycles. The molecule has 0 saturated heterocycles. The van der Waals surface area contributed by atoms with Crippen LogP contribution >= 0.6 is 0 Å². The lowest BCUT2D eigenvalue weighted by atomic mass is 10.2. The van der Waals surface area contributed by atoms with E-state index >= 15 is 0 Å². The number of aryl methyl sites for hydroxylation is 1. The van der Waals surface area contributed by atoms with E-state index in [2.05, 4.69) is 35.4 Å². The maximum atomic E-state index is 5.75. The van der Waals surface area contributed by atoms with Gasteiger partial charge >= 0.3 is 0 Å². The molecule has 0 radical (unpaired) electrons. The summed E-state index contributed by atoms with van der Waals surface area (Å²) in [6, 6.07) is 8.04. The van der Waals surface area contributed by atoms with Crippen LogP contribution in [0.1, 0.15) is 30.8 Å². The molecule has 1 N–H and O–H groups in total. The molecule has 0 aliphatic rings. The number of nitrogens with one attached hydrogen (secondary N) is 1. The zero-order chi connectivity index (χ0) is 14.1. The molecule has 1 unspecified atom stereocenters. The Morgan fingerprint density at radius 2 is 2.05 bits per heavy atom. The van der Waals surface area contributed by atoms with Gasteiger partial charge in [-0.05, 0) is 38.6 Å². The molecule has 0 aliphatic heterocycles. The summed E-state index contributed by atoms with van der Waals surface area (Å²) in [6.45, 7) is 4.12. The standard InChI is InChI=1S/C15H17N3O2/c1-4-11(16-3)14-17-18-15(20-14)13-8-10-7-9(2)5-6-12(10)19-13/h5-8,11,16H,4H2,1-3H3. The number of aromatic nitrogens is 2. The molecule has 20 heavy (non-hydrogen) atoms. The first-order valence-corrected chi connectivity index (χ1v) is 6.72. The molecule has 3 rings (SSSR count). The summed E-state index contributed by atoms with van der Waals surface area (Å²) < 4.78 is 11.4. The van der Waals surface area contributed by atoms with Gasteiger partial charge in [0.25, 0.3) is 5.89 Å². The highest BCUT2D eigenvalue weighted by atomic mass is 16.4. The van der Waals surface area contributed by atoms with Crippen LogP contribution in [-0.4, -0.2) is 17.2 Å². The lowest BCUT2D eigenvalue weighted by Crippen LogP contribution is -2.15. The van der Waals surface area contributed by atoms with Crippen molar-refractivity contribution >= 4 is 11.0 Å². The Morgan fingerprint density at radius 1 is 1.20 bits per heavy atom. The minimum absolute atomic E-state index is 0.0721. The average molecular weight is 271 g/mol. The van der Waals surface area contributed by atoms with Crippen molar-refractivity contribution in [2.24, 2.45) is 0 Å². The lowest BCUT2D eigenvalue weighted by molar-refractivity contribution is 0.409. The van der Waals surface area contributed by atoms with Gasteiger partial charge in [0.05, 0.1) is 6.04 Å². The highest BCUT2D eigenvalue weighted by Crippen LogP contribution is 2.28. The quantitative estimate of drug-likeness (QED) is 0.787. The summed E-state index contributed by atoms with van der Waals surface area (Å²) in [5.74, 6) is 1.61. The van der Waals surface area contributed by atoms with Crippen molar-refractivity contribution in [3.05, 3.63) is 35.7 Å². The predicted molar refractivity (Wildman–Crippen MR) is 76.3 cm³/mol. The number of hydrogen-bond acceptors (Lipinski definition) is 5. The second-order valence-electron chi connectivity index (χ2n) is 4.85. The van der Waals surface area contributed by atoms with Gasteiger partial charge in [0.1, 0.15) is 5.58 Å². The molecule has 5 nitrogen and oxygen atoms in total. The van der Waals surface area contributed by atoms with Gasteiger partial charge in [-0.15, -0.1) is 10.2 Å². The van der Waals surface area contributed by atoms with Crippen molar-refractivity contribution in [3.63, 3.8) is 0 Å². The molecule has 2 aromatic heterocycles. The first-order valence-electron chi connectivity index (χ1n) is 6.72. The number of benzene rings is 1. The zero-order valence-corrected chi connectivity index (χ0v) is 11.8. The third-order valence-corrected chi connectivity index (χ3v) is 3.38. The third kappa shape index (κ3) is 2.20. The van der Waals surface area contributed by atoms with Gasteiger partial charge in [0.15, 0.2) is 5.76 Å². The Labute approximate surface area is 117 Å². The first-order chi connectivity index (χ1) is 9.71. The Balaban J connectivity index is 1.98. The van der Waals surface area contributed by atoms with E-state index in [1.54, 1.807) is 0 Å². The maximum Gasteiger partial charge on any atom is 0.283 e. The number of furan rings is 1. The molecule has 0 fully saturated rings. The normalized spacial score (nSPS) is 12.9. The van der Waals surface area contributed by atoms with Gasteiger partial charge in [0, 0.05) is 5.39 Å². The fourth-order valence-corrected chi connectivity index (χ4v) is 2.25. The van der Waals surface area contributed by atoms with Crippen LogP contribution in [0.15, 0.2) is 33.1 Å². The number of hydrogen-bond donors (Lipinski definition) is 1. The summed E-state index contributed by atoms with van der Waals surface area (Å²) in [7, 11) is 1.88. The summed E-state index contributed by atoms with van der Waals surface area (Å²) in [6.07, 6.45) is 0.886. The van der Waals surface area contributed by atoms with E-state index in [9.17, 15) is 0 Å². The highest BCUT2D eigenvalue weighted by molar-refractivity contribution is 5.82. The van der Waals surface area contributed by atoms with Crippen LogP contribution in [0.2, 0.25) is 0 Å². The molecular formula is C15H17N3O2. The fourth-order valence-electron chi connectivity index (χ4n) is 2.25. The van der Waals surface area contributed by atoms with Crippen LogP contribution in [0, 0.1) is 6.92 Å². The van der Waals surface area contributed by atoms with Crippen LogP contribution in [0.3, 0.4) is 0 Å². The number of fused-ring (bicyclic) bond motifs is 1. The summed E-state index contributed by atoms with van der Waals surface area (Å²) in [5.41, 5.74) is 2.02. The monoisotopic (exact) mass is 271 g/mol.